The van der Waals surface area contributed by atoms with Gasteiger partial charge < -0.3 is 15.0 Å². The zero-order chi connectivity index (χ0) is 22.3. The molecule has 0 aliphatic carbocycles. The van der Waals surface area contributed by atoms with Gasteiger partial charge in [0.25, 0.3) is 5.91 Å². The molecule has 1 saturated heterocycles. The molecule has 32 heavy (non-hydrogen) atoms. The van der Waals surface area contributed by atoms with Gasteiger partial charge in [0.1, 0.15) is 6.61 Å². The number of anilines is 1. The van der Waals surface area contributed by atoms with E-state index in [1.165, 1.54) is 0 Å². The van der Waals surface area contributed by atoms with Crippen molar-refractivity contribution in [3.05, 3.63) is 82.7 Å². The van der Waals surface area contributed by atoms with E-state index in [4.69, 9.17) is 4.74 Å². The SMILES string of the molecule is O=C(Nc1ncccc1OCc1ccncc1)C1CCN(C(=O)c2ccc(Br)cc2)CC1. The van der Waals surface area contributed by atoms with E-state index >= 15 is 0 Å². The molecular weight excluding hydrogens is 472 g/mol. The van der Waals surface area contributed by atoms with Crippen molar-refractivity contribution in [2.45, 2.75) is 19.4 Å². The van der Waals surface area contributed by atoms with Gasteiger partial charge in [-0.15, -0.1) is 0 Å². The average molecular weight is 495 g/mol. The number of carbonyl (C=O) groups is 2. The Balaban J connectivity index is 1.32. The third-order valence-electron chi connectivity index (χ3n) is 5.40. The second kappa shape index (κ2) is 10.4. The summed E-state index contributed by atoms with van der Waals surface area (Å²) in [6.45, 7) is 1.44. The van der Waals surface area contributed by atoms with Gasteiger partial charge in [-0.2, -0.15) is 0 Å². The highest BCUT2D eigenvalue weighted by atomic mass is 79.9. The lowest BCUT2D eigenvalue weighted by Gasteiger charge is -2.31. The van der Waals surface area contributed by atoms with E-state index in [2.05, 4.69) is 31.2 Å². The van der Waals surface area contributed by atoms with Crippen LogP contribution in [-0.4, -0.2) is 39.8 Å². The van der Waals surface area contributed by atoms with Gasteiger partial charge in [-0.1, -0.05) is 15.9 Å². The number of rotatable bonds is 6. The van der Waals surface area contributed by atoms with Crippen LogP contribution in [-0.2, 0) is 11.4 Å². The molecule has 0 bridgehead atoms. The molecule has 0 atom stereocenters. The first kappa shape index (κ1) is 22.0. The molecule has 0 radical (unpaired) electrons. The summed E-state index contributed by atoms with van der Waals surface area (Å²) < 4.78 is 6.79. The van der Waals surface area contributed by atoms with Gasteiger partial charge in [-0.3, -0.25) is 14.6 Å². The number of carbonyl (C=O) groups excluding carboxylic acids is 2. The molecule has 1 aliphatic rings. The third kappa shape index (κ3) is 5.50. The summed E-state index contributed by atoms with van der Waals surface area (Å²) in [5.74, 6) is 0.626. The summed E-state index contributed by atoms with van der Waals surface area (Å²) in [6, 6.07) is 14.6. The molecule has 1 N–H and O–H groups in total. The van der Waals surface area contributed by atoms with E-state index < -0.39 is 0 Å². The first-order chi connectivity index (χ1) is 15.6. The number of amides is 2. The number of hydrogen-bond acceptors (Lipinski definition) is 5. The molecule has 3 aromatic rings. The minimum Gasteiger partial charge on any atom is -0.485 e. The molecule has 4 rings (SSSR count). The van der Waals surface area contributed by atoms with Crippen molar-refractivity contribution >= 4 is 33.6 Å². The predicted molar refractivity (Wildman–Crippen MR) is 124 cm³/mol. The van der Waals surface area contributed by atoms with Crippen molar-refractivity contribution in [2.24, 2.45) is 5.92 Å². The molecule has 1 aliphatic heterocycles. The van der Waals surface area contributed by atoms with Crippen molar-refractivity contribution in [1.82, 2.24) is 14.9 Å². The average Bonchev–Trinajstić information content (AvgIpc) is 2.84. The first-order valence-electron chi connectivity index (χ1n) is 10.4. The van der Waals surface area contributed by atoms with Gasteiger partial charge >= 0.3 is 0 Å². The lowest BCUT2D eigenvalue weighted by molar-refractivity contribution is -0.121. The quantitative estimate of drug-likeness (QED) is 0.551. The zero-order valence-corrected chi connectivity index (χ0v) is 19.0. The van der Waals surface area contributed by atoms with Crippen LogP contribution in [0.2, 0.25) is 0 Å². The van der Waals surface area contributed by atoms with Gasteiger partial charge in [0.15, 0.2) is 11.6 Å². The van der Waals surface area contributed by atoms with Gasteiger partial charge in [-0.25, -0.2) is 4.98 Å². The number of nitrogens with one attached hydrogen (secondary N) is 1. The number of pyridine rings is 2. The highest BCUT2D eigenvalue weighted by Gasteiger charge is 2.28. The summed E-state index contributed by atoms with van der Waals surface area (Å²) in [5, 5.41) is 2.90. The number of ether oxygens (including phenoxy) is 1. The van der Waals surface area contributed by atoms with Crippen LogP contribution in [0.15, 0.2) is 71.6 Å². The molecule has 1 fully saturated rings. The highest BCUT2D eigenvalue weighted by molar-refractivity contribution is 9.10. The van der Waals surface area contributed by atoms with Crippen molar-refractivity contribution in [2.75, 3.05) is 18.4 Å². The maximum absolute atomic E-state index is 12.9. The Morgan fingerprint density at radius 2 is 1.75 bits per heavy atom. The number of likely N-dealkylation sites (tertiary alicyclic amines) is 1. The number of halogens is 1. The summed E-state index contributed by atoms with van der Waals surface area (Å²) in [7, 11) is 0. The van der Waals surface area contributed by atoms with Gasteiger partial charge in [0, 0.05) is 47.6 Å². The molecular formula is C24H23BrN4O3. The molecule has 0 saturated carbocycles. The Labute approximate surface area is 195 Å². The van der Waals surface area contributed by atoms with Crippen LogP contribution in [0.4, 0.5) is 5.82 Å². The van der Waals surface area contributed by atoms with E-state index in [1.54, 1.807) is 47.8 Å². The molecule has 164 valence electrons. The van der Waals surface area contributed by atoms with E-state index in [1.807, 2.05) is 24.3 Å². The van der Waals surface area contributed by atoms with Crippen LogP contribution < -0.4 is 10.1 Å². The number of hydrogen-bond donors (Lipinski definition) is 1. The molecule has 3 heterocycles. The highest BCUT2D eigenvalue weighted by Crippen LogP contribution is 2.25. The fourth-order valence-corrected chi connectivity index (χ4v) is 3.84. The number of nitrogens with zero attached hydrogens (tertiary/aromatic N) is 3. The molecule has 7 nitrogen and oxygen atoms in total. The lowest BCUT2D eigenvalue weighted by atomic mass is 9.95. The van der Waals surface area contributed by atoms with Crippen LogP contribution in [0.1, 0.15) is 28.8 Å². The van der Waals surface area contributed by atoms with Crippen molar-refractivity contribution in [3.8, 4) is 5.75 Å². The van der Waals surface area contributed by atoms with E-state index in [9.17, 15) is 9.59 Å². The molecule has 1 aromatic carbocycles. The Hall–Kier alpha value is -3.26. The second-order valence-corrected chi connectivity index (χ2v) is 8.47. The zero-order valence-electron chi connectivity index (χ0n) is 17.4. The maximum atomic E-state index is 12.9. The van der Waals surface area contributed by atoms with Crippen LogP contribution in [0.3, 0.4) is 0 Å². The molecule has 8 heteroatoms. The summed E-state index contributed by atoms with van der Waals surface area (Å²) >= 11 is 3.38. The fourth-order valence-electron chi connectivity index (χ4n) is 3.58. The topological polar surface area (TPSA) is 84.4 Å². The lowest BCUT2D eigenvalue weighted by Crippen LogP contribution is -2.41. The molecule has 2 amide bonds. The smallest absolute Gasteiger partial charge is 0.253 e. The standard InChI is InChI=1S/C24H23BrN4O3/c25-20-5-3-19(4-6-20)24(31)29-14-9-18(10-15-29)23(30)28-22-21(2-1-11-27-22)32-16-17-7-12-26-13-8-17/h1-8,11-13,18H,9-10,14-16H2,(H,27,28,30). The summed E-state index contributed by atoms with van der Waals surface area (Å²) in [4.78, 5) is 35.6. The van der Waals surface area contributed by atoms with E-state index in [-0.39, 0.29) is 17.7 Å². The number of piperidine rings is 1. The number of aromatic nitrogens is 2. The second-order valence-electron chi connectivity index (χ2n) is 7.56. The summed E-state index contributed by atoms with van der Waals surface area (Å²) in [5.41, 5.74) is 1.63. The molecule has 2 aromatic heterocycles. The predicted octanol–water partition coefficient (Wildman–Crippen LogP) is 4.31. The first-order valence-corrected chi connectivity index (χ1v) is 11.2. The van der Waals surface area contributed by atoms with E-state index in [0.717, 1.165) is 10.0 Å². The maximum Gasteiger partial charge on any atom is 0.253 e. The summed E-state index contributed by atoms with van der Waals surface area (Å²) in [6.07, 6.45) is 6.24. The largest absolute Gasteiger partial charge is 0.485 e. The minimum absolute atomic E-state index is 0.00659. The fraction of sp³-hybridized carbons (Fsp3) is 0.250. The van der Waals surface area contributed by atoms with Crippen molar-refractivity contribution in [1.29, 1.82) is 0 Å². The van der Waals surface area contributed by atoms with Crippen LogP contribution >= 0.6 is 15.9 Å². The monoisotopic (exact) mass is 494 g/mol. The van der Waals surface area contributed by atoms with E-state index in [0.29, 0.717) is 49.7 Å². The Bertz CT molecular complexity index is 1070. The molecule has 0 spiro atoms. The van der Waals surface area contributed by atoms with Gasteiger partial charge in [0.05, 0.1) is 0 Å². The Morgan fingerprint density at radius 1 is 1.03 bits per heavy atom. The Morgan fingerprint density at radius 3 is 2.47 bits per heavy atom. The van der Waals surface area contributed by atoms with Crippen molar-refractivity contribution in [3.63, 3.8) is 0 Å². The van der Waals surface area contributed by atoms with Crippen LogP contribution in [0.5, 0.6) is 5.75 Å². The third-order valence-corrected chi connectivity index (χ3v) is 5.93. The van der Waals surface area contributed by atoms with Crippen LogP contribution in [0.25, 0.3) is 0 Å². The molecule has 0 unspecified atom stereocenters. The van der Waals surface area contributed by atoms with Gasteiger partial charge in [-0.05, 0) is 66.9 Å². The van der Waals surface area contributed by atoms with Crippen LogP contribution in [0, 0.1) is 5.92 Å². The minimum atomic E-state index is -0.181. The normalized spacial score (nSPS) is 14.1. The van der Waals surface area contributed by atoms with Crippen molar-refractivity contribution < 1.29 is 14.3 Å². The van der Waals surface area contributed by atoms with Gasteiger partial charge in [0.2, 0.25) is 5.91 Å². The Kier molecular flexibility index (Phi) is 7.11. The number of benzene rings is 1.